The highest BCUT2D eigenvalue weighted by Gasteiger charge is 2.36. The van der Waals surface area contributed by atoms with Crippen molar-refractivity contribution in [1.82, 2.24) is 30.3 Å². The molecule has 1 aromatic carbocycles. The van der Waals surface area contributed by atoms with Crippen molar-refractivity contribution >= 4 is 40.6 Å². The molecule has 1 aromatic heterocycles. The molecule has 248 valence electrons. The van der Waals surface area contributed by atoms with E-state index in [4.69, 9.17) is 9.47 Å². The Hall–Kier alpha value is -4.46. The Morgan fingerprint density at radius 3 is 2.43 bits per heavy atom. The molecule has 5 rings (SSSR count). The molecule has 0 unspecified atom stereocenters. The molecular weight excluding hydrogens is 596 g/mol. The lowest BCUT2D eigenvalue weighted by Crippen LogP contribution is -2.56. The van der Waals surface area contributed by atoms with Gasteiger partial charge in [0.05, 0.1) is 12.1 Å². The molecule has 1 saturated carbocycles. The van der Waals surface area contributed by atoms with Gasteiger partial charge in [0, 0.05) is 56.8 Å². The molecule has 1 aliphatic carbocycles. The molecule has 5 amide bonds. The van der Waals surface area contributed by atoms with Crippen LogP contribution < -0.4 is 15.4 Å². The quantitative estimate of drug-likeness (QED) is 0.326. The maximum absolute atomic E-state index is 13.4. The lowest BCUT2D eigenvalue weighted by molar-refractivity contribution is -0.140. The third kappa shape index (κ3) is 7.66. The Bertz CT molecular complexity index is 1440. The molecule has 14 heteroatoms. The number of hydrogen-bond donors (Lipinski definition) is 3. The number of carbonyl (C=O) groups is 5. The summed E-state index contributed by atoms with van der Waals surface area (Å²) < 4.78 is 11.0. The maximum Gasteiger partial charge on any atom is 0.409 e. The number of aliphatic hydroxyl groups is 1. The summed E-state index contributed by atoms with van der Waals surface area (Å²) in [6, 6.07) is 7.08. The Balaban J connectivity index is 1.24. The minimum absolute atomic E-state index is 0.0145. The van der Waals surface area contributed by atoms with E-state index in [1.165, 1.54) is 11.0 Å². The molecule has 3 heterocycles. The van der Waals surface area contributed by atoms with E-state index in [-0.39, 0.29) is 74.5 Å². The molecule has 3 aliphatic rings. The van der Waals surface area contributed by atoms with Crippen molar-refractivity contribution in [1.29, 1.82) is 0 Å². The van der Waals surface area contributed by atoms with Gasteiger partial charge < -0.3 is 39.9 Å². The van der Waals surface area contributed by atoms with Gasteiger partial charge in [-0.25, -0.2) is 9.78 Å². The minimum atomic E-state index is -1.02. The van der Waals surface area contributed by atoms with Crippen molar-refractivity contribution < 1.29 is 38.6 Å². The molecule has 2 aliphatic heterocycles. The lowest BCUT2D eigenvalue weighted by atomic mass is 9.93. The van der Waals surface area contributed by atoms with E-state index in [9.17, 15) is 29.1 Å². The summed E-state index contributed by atoms with van der Waals surface area (Å²) in [5, 5.41) is 16.0. The fraction of sp³-hybridized carbons (Fsp3) is 0.562. The first-order valence-electron chi connectivity index (χ1n) is 16.0. The summed E-state index contributed by atoms with van der Waals surface area (Å²) in [6.07, 6.45) is 3.90. The highest BCUT2D eigenvalue weighted by molar-refractivity contribution is 5.99. The number of benzene rings is 1. The van der Waals surface area contributed by atoms with E-state index in [0.717, 1.165) is 25.7 Å². The van der Waals surface area contributed by atoms with Crippen molar-refractivity contribution in [3.05, 3.63) is 36.0 Å². The van der Waals surface area contributed by atoms with E-state index >= 15 is 0 Å². The number of nitrogens with zero attached hydrogens (tertiary/aromatic N) is 4. The van der Waals surface area contributed by atoms with Crippen LogP contribution in [0.3, 0.4) is 0 Å². The summed E-state index contributed by atoms with van der Waals surface area (Å²) in [4.78, 5) is 73.9. The molecule has 14 nitrogen and oxygen atoms in total. The second-order valence-electron chi connectivity index (χ2n) is 11.7. The van der Waals surface area contributed by atoms with Gasteiger partial charge in [0.25, 0.3) is 11.8 Å². The third-order valence-electron chi connectivity index (χ3n) is 8.73. The second kappa shape index (κ2) is 15.2. The van der Waals surface area contributed by atoms with Gasteiger partial charge in [0.1, 0.15) is 23.5 Å². The van der Waals surface area contributed by atoms with Crippen LogP contribution in [0.1, 0.15) is 55.9 Å². The van der Waals surface area contributed by atoms with Gasteiger partial charge in [-0.3, -0.25) is 19.2 Å². The lowest BCUT2D eigenvalue weighted by Gasteiger charge is -2.35. The zero-order chi connectivity index (χ0) is 32.6. The molecule has 2 aromatic rings. The molecule has 0 bridgehead atoms. The number of fused-ring (bicyclic) bond motifs is 1. The first kappa shape index (κ1) is 32.9. The fourth-order valence-corrected chi connectivity index (χ4v) is 5.95. The normalized spacial score (nSPS) is 18.9. The Morgan fingerprint density at radius 2 is 1.74 bits per heavy atom. The van der Waals surface area contributed by atoms with Crippen molar-refractivity contribution in [2.24, 2.45) is 0 Å². The molecule has 0 spiro atoms. The Kier molecular flexibility index (Phi) is 10.9. The molecule has 3 fully saturated rings. The molecule has 2 atom stereocenters. The number of carbonyl (C=O) groups excluding carboxylic acids is 5. The first-order valence-corrected chi connectivity index (χ1v) is 16.0. The smallest absolute Gasteiger partial charge is 0.409 e. The third-order valence-corrected chi connectivity index (χ3v) is 8.73. The van der Waals surface area contributed by atoms with Crippen LogP contribution in [-0.4, -0.2) is 125 Å². The zero-order valence-electron chi connectivity index (χ0n) is 26.1. The van der Waals surface area contributed by atoms with Gasteiger partial charge in [-0.15, -0.1) is 0 Å². The fourth-order valence-electron chi connectivity index (χ4n) is 5.95. The van der Waals surface area contributed by atoms with Crippen LogP contribution in [0.4, 0.5) is 4.79 Å². The van der Waals surface area contributed by atoms with Crippen LogP contribution in [0.5, 0.6) is 5.75 Å². The van der Waals surface area contributed by atoms with E-state index in [0.29, 0.717) is 37.0 Å². The van der Waals surface area contributed by atoms with E-state index in [1.807, 2.05) is 0 Å². The summed E-state index contributed by atoms with van der Waals surface area (Å²) in [7, 11) is 0. The summed E-state index contributed by atoms with van der Waals surface area (Å²) in [6.45, 7) is 2.88. The van der Waals surface area contributed by atoms with Gasteiger partial charge in [-0.05, 0) is 57.6 Å². The summed E-state index contributed by atoms with van der Waals surface area (Å²) in [5.41, 5.74) is 0.430. The van der Waals surface area contributed by atoms with Crippen LogP contribution in [0.2, 0.25) is 0 Å². The number of nitrogens with one attached hydrogen (secondary N) is 2. The summed E-state index contributed by atoms with van der Waals surface area (Å²) >= 11 is 0. The monoisotopic (exact) mass is 638 g/mol. The highest BCUT2D eigenvalue weighted by atomic mass is 16.6. The second-order valence-corrected chi connectivity index (χ2v) is 11.7. The standard InChI is InChI=1S/C32H42N6O8/c1-2-45-32(44)37-16-14-36(15-17-37)31(43)24(12-18-39)35-29(41)25-19-27(22-9-3-4-10-23(22)34-25)46-20-28(40)38-13-6-11-26(38)30(42)33-21-7-5-8-21/h3-4,9-10,19,21,24,26,39H,2,5-8,11-18,20H2,1H3,(H,33,42)(H,35,41)/t24-,26-/m0/s1. The molecule has 46 heavy (non-hydrogen) atoms. The number of amides is 5. The Labute approximate surface area is 267 Å². The van der Waals surface area contributed by atoms with Crippen molar-refractivity contribution in [3.8, 4) is 5.75 Å². The van der Waals surface area contributed by atoms with Crippen LogP contribution in [-0.2, 0) is 19.1 Å². The molecule has 2 saturated heterocycles. The maximum atomic E-state index is 13.4. The molecule has 0 radical (unpaired) electrons. The van der Waals surface area contributed by atoms with Crippen LogP contribution in [0.15, 0.2) is 30.3 Å². The van der Waals surface area contributed by atoms with E-state index in [2.05, 4.69) is 15.6 Å². The van der Waals surface area contributed by atoms with Crippen LogP contribution >= 0.6 is 0 Å². The SMILES string of the molecule is CCOC(=O)N1CCN(C(=O)[C@H](CCO)NC(=O)c2cc(OCC(=O)N3CCC[C@H]3C(=O)NC3CCC3)c3ccccc3n2)CC1. The zero-order valence-corrected chi connectivity index (χ0v) is 26.1. The average Bonchev–Trinajstić information content (AvgIpc) is 3.55. The van der Waals surface area contributed by atoms with Gasteiger partial charge in [0.15, 0.2) is 6.61 Å². The van der Waals surface area contributed by atoms with E-state index in [1.54, 1.807) is 41.0 Å². The predicted molar refractivity (Wildman–Crippen MR) is 166 cm³/mol. The predicted octanol–water partition coefficient (Wildman–Crippen LogP) is 1.05. The van der Waals surface area contributed by atoms with Crippen LogP contribution in [0, 0.1) is 0 Å². The number of para-hydroxylation sites is 1. The van der Waals surface area contributed by atoms with Gasteiger partial charge in [0.2, 0.25) is 11.8 Å². The topological polar surface area (TPSA) is 171 Å². The van der Waals surface area contributed by atoms with Gasteiger partial charge in [-0.1, -0.05) is 12.1 Å². The number of hydrogen-bond acceptors (Lipinski definition) is 9. The number of piperazine rings is 1. The van der Waals surface area contributed by atoms with Gasteiger partial charge >= 0.3 is 6.09 Å². The number of aliphatic hydroxyl groups excluding tert-OH is 1. The molecule has 3 N–H and O–H groups in total. The number of aromatic nitrogens is 1. The highest BCUT2D eigenvalue weighted by Crippen LogP contribution is 2.27. The number of likely N-dealkylation sites (tertiary alicyclic amines) is 1. The average molecular weight is 639 g/mol. The van der Waals surface area contributed by atoms with E-state index < -0.39 is 24.1 Å². The van der Waals surface area contributed by atoms with Crippen molar-refractivity contribution in [3.63, 3.8) is 0 Å². The summed E-state index contributed by atoms with van der Waals surface area (Å²) in [5.74, 6) is -1.22. The van der Waals surface area contributed by atoms with Crippen molar-refractivity contribution in [2.45, 2.75) is 63.6 Å². The van der Waals surface area contributed by atoms with Crippen molar-refractivity contribution in [2.75, 3.05) is 52.5 Å². The molecular formula is C32H42N6O8. The number of rotatable bonds is 11. The minimum Gasteiger partial charge on any atom is -0.483 e. The van der Waals surface area contributed by atoms with Crippen LogP contribution in [0.25, 0.3) is 10.9 Å². The Morgan fingerprint density at radius 1 is 1.00 bits per heavy atom. The number of pyridine rings is 1. The van der Waals surface area contributed by atoms with Gasteiger partial charge in [-0.2, -0.15) is 0 Å². The largest absolute Gasteiger partial charge is 0.483 e. The first-order chi connectivity index (χ1) is 22.3. The number of ether oxygens (including phenoxy) is 2.